The van der Waals surface area contributed by atoms with E-state index in [9.17, 15) is 26.4 Å². The fourth-order valence-corrected chi connectivity index (χ4v) is 2.47. The predicted octanol–water partition coefficient (Wildman–Crippen LogP) is 1.65. The fraction of sp³-hybridized carbons (Fsp3) is 0.900. The van der Waals surface area contributed by atoms with Gasteiger partial charge in [-0.3, -0.25) is 10.0 Å². The van der Waals surface area contributed by atoms with Gasteiger partial charge in [-0.25, -0.2) is 8.42 Å². The first-order valence-electron chi connectivity index (χ1n) is 6.11. The molecule has 1 N–H and O–H groups in total. The number of hydroxylamine groups is 1. The van der Waals surface area contributed by atoms with Crippen molar-refractivity contribution < 1.29 is 36.3 Å². The molecule has 1 aliphatic rings. The Kier molecular flexibility index (Phi) is 5.78. The number of alkyl halides is 3. The van der Waals surface area contributed by atoms with Crippen molar-refractivity contribution in [1.82, 2.24) is 4.47 Å². The van der Waals surface area contributed by atoms with E-state index in [1.54, 1.807) is 0 Å². The second kappa shape index (κ2) is 6.72. The molecule has 0 spiro atoms. The minimum atomic E-state index is -5.80. The summed E-state index contributed by atoms with van der Waals surface area (Å²) >= 11 is 0. The van der Waals surface area contributed by atoms with Crippen molar-refractivity contribution in [3.8, 4) is 0 Å². The van der Waals surface area contributed by atoms with Crippen molar-refractivity contribution in [2.24, 2.45) is 5.92 Å². The van der Waals surface area contributed by atoms with Crippen LogP contribution in [0.1, 0.15) is 32.1 Å². The summed E-state index contributed by atoms with van der Waals surface area (Å²) in [5.41, 5.74) is -5.59. The van der Waals surface area contributed by atoms with Gasteiger partial charge in [0.1, 0.15) is 6.61 Å². The van der Waals surface area contributed by atoms with Crippen LogP contribution in [0, 0.1) is 5.92 Å². The molecular formula is C10H16F3NO5S. The number of nitrogens with zero attached hydrogens (tertiary/aromatic N) is 1. The molecule has 0 aromatic heterocycles. The van der Waals surface area contributed by atoms with Crippen LogP contribution in [0.4, 0.5) is 13.2 Å². The van der Waals surface area contributed by atoms with Crippen LogP contribution in [0.15, 0.2) is 0 Å². The number of ether oxygens (including phenoxy) is 1. The third kappa shape index (κ3) is 4.32. The Morgan fingerprint density at radius 1 is 1.25 bits per heavy atom. The molecule has 6 nitrogen and oxygen atoms in total. The van der Waals surface area contributed by atoms with E-state index in [-0.39, 0.29) is 5.92 Å². The Morgan fingerprint density at radius 2 is 1.80 bits per heavy atom. The van der Waals surface area contributed by atoms with Gasteiger partial charge in [0.15, 0.2) is 0 Å². The van der Waals surface area contributed by atoms with Crippen LogP contribution in [0.2, 0.25) is 0 Å². The lowest BCUT2D eigenvalue weighted by atomic mass is 9.89. The van der Waals surface area contributed by atoms with Gasteiger partial charge in [-0.05, 0) is 12.8 Å². The molecule has 1 rings (SSSR count). The molecule has 0 aromatic rings. The van der Waals surface area contributed by atoms with Crippen molar-refractivity contribution >= 4 is 16.0 Å². The first kappa shape index (κ1) is 17.2. The van der Waals surface area contributed by atoms with Gasteiger partial charge >= 0.3 is 21.5 Å². The monoisotopic (exact) mass is 319 g/mol. The highest BCUT2D eigenvalue weighted by atomic mass is 32.2. The smallest absolute Gasteiger partial charge is 0.464 e. The van der Waals surface area contributed by atoms with Crippen molar-refractivity contribution in [1.29, 1.82) is 0 Å². The molecule has 0 atom stereocenters. The van der Waals surface area contributed by atoms with Crippen LogP contribution in [0.25, 0.3) is 0 Å². The van der Waals surface area contributed by atoms with E-state index in [1.165, 1.54) is 0 Å². The molecule has 118 valence electrons. The van der Waals surface area contributed by atoms with Crippen LogP contribution in [-0.4, -0.2) is 42.7 Å². The number of carbonyl (C=O) groups excluding carboxylic acids is 1. The molecule has 0 aliphatic heterocycles. The molecular weight excluding hydrogens is 303 g/mol. The summed E-state index contributed by atoms with van der Waals surface area (Å²) in [6.07, 6.45) is 4.10. The SMILES string of the molecule is O=C(OCCN(O)S(=O)(=O)C(F)(F)F)C1CCCCC1. The number of sulfonamides is 1. The summed E-state index contributed by atoms with van der Waals surface area (Å²) < 4.78 is 61.5. The normalized spacial score (nSPS) is 18.2. The highest BCUT2D eigenvalue weighted by Crippen LogP contribution is 2.26. The zero-order chi connectivity index (χ0) is 15.4. The van der Waals surface area contributed by atoms with Gasteiger partial charge < -0.3 is 4.74 Å². The molecule has 10 heteroatoms. The van der Waals surface area contributed by atoms with Crippen LogP contribution >= 0.6 is 0 Å². The van der Waals surface area contributed by atoms with Crippen molar-refractivity contribution in [2.75, 3.05) is 13.2 Å². The topological polar surface area (TPSA) is 83.9 Å². The Hall–Kier alpha value is -0.870. The highest BCUT2D eigenvalue weighted by molar-refractivity contribution is 7.89. The quantitative estimate of drug-likeness (QED) is 0.615. The van der Waals surface area contributed by atoms with Gasteiger partial charge in [0.2, 0.25) is 0 Å². The number of rotatable bonds is 5. The number of hydrogen-bond donors (Lipinski definition) is 1. The first-order chi connectivity index (χ1) is 9.16. The van der Waals surface area contributed by atoms with E-state index < -0.39 is 39.1 Å². The predicted molar refractivity (Wildman–Crippen MR) is 61.0 cm³/mol. The summed E-state index contributed by atoms with van der Waals surface area (Å²) in [7, 11) is -5.80. The summed E-state index contributed by atoms with van der Waals surface area (Å²) in [6.45, 7) is -1.58. The summed E-state index contributed by atoms with van der Waals surface area (Å²) in [6, 6.07) is 0. The van der Waals surface area contributed by atoms with Crippen LogP contribution in [0.5, 0.6) is 0 Å². The summed E-state index contributed by atoms with van der Waals surface area (Å²) in [5.74, 6) is -0.863. The van der Waals surface area contributed by atoms with Gasteiger partial charge in [0, 0.05) is 0 Å². The molecule has 0 aromatic carbocycles. The first-order valence-corrected chi connectivity index (χ1v) is 7.55. The number of hydrogen-bond acceptors (Lipinski definition) is 5. The Morgan fingerprint density at radius 3 is 2.30 bits per heavy atom. The zero-order valence-electron chi connectivity index (χ0n) is 10.6. The van der Waals surface area contributed by atoms with Gasteiger partial charge in [0.25, 0.3) is 0 Å². The maximum Gasteiger partial charge on any atom is 0.513 e. The molecule has 0 heterocycles. The molecule has 0 amide bonds. The summed E-state index contributed by atoms with van der Waals surface area (Å²) in [5, 5.41) is 8.87. The average molecular weight is 319 g/mol. The van der Waals surface area contributed by atoms with Gasteiger partial charge in [-0.2, -0.15) is 13.2 Å². The summed E-state index contributed by atoms with van der Waals surface area (Å²) in [4.78, 5) is 11.5. The minimum absolute atomic E-state index is 0.296. The van der Waals surface area contributed by atoms with Crippen LogP contribution in [0.3, 0.4) is 0 Å². The average Bonchev–Trinajstić information content (AvgIpc) is 2.38. The van der Waals surface area contributed by atoms with Crippen LogP contribution < -0.4 is 0 Å². The standard InChI is InChI=1S/C10H16F3NO5S/c11-10(12,13)20(17,18)14(16)6-7-19-9(15)8-4-2-1-3-5-8/h8,16H,1-7H2. The van der Waals surface area contributed by atoms with E-state index >= 15 is 0 Å². The second-order valence-electron chi connectivity index (χ2n) is 4.50. The Labute approximate surface area is 114 Å². The van der Waals surface area contributed by atoms with Gasteiger partial charge in [0.05, 0.1) is 12.5 Å². The Balaban J connectivity index is 2.38. The third-order valence-electron chi connectivity index (χ3n) is 3.04. The lowest BCUT2D eigenvalue weighted by molar-refractivity contribution is -0.151. The van der Waals surface area contributed by atoms with E-state index in [2.05, 4.69) is 4.74 Å². The number of carbonyl (C=O) groups is 1. The van der Waals surface area contributed by atoms with Crippen LogP contribution in [-0.2, 0) is 19.6 Å². The molecule has 1 saturated carbocycles. The molecule has 1 fully saturated rings. The molecule has 0 bridgehead atoms. The highest BCUT2D eigenvalue weighted by Gasteiger charge is 2.50. The maximum absolute atomic E-state index is 12.1. The third-order valence-corrected chi connectivity index (χ3v) is 4.36. The Bertz CT molecular complexity index is 431. The largest absolute Gasteiger partial charge is 0.513 e. The van der Waals surface area contributed by atoms with Gasteiger partial charge in [-0.15, -0.1) is 0 Å². The van der Waals surface area contributed by atoms with Crippen molar-refractivity contribution in [3.63, 3.8) is 0 Å². The fourth-order valence-electron chi connectivity index (χ4n) is 1.92. The molecule has 0 unspecified atom stereocenters. The molecule has 20 heavy (non-hydrogen) atoms. The van der Waals surface area contributed by atoms with E-state index in [1.807, 2.05) is 0 Å². The van der Waals surface area contributed by atoms with Gasteiger partial charge in [-0.1, -0.05) is 23.7 Å². The van der Waals surface area contributed by atoms with Crippen molar-refractivity contribution in [2.45, 2.75) is 37.6 Å². The number of esters is 1. The van der Waals surface area contributed by atoms with E-state index in [0.29, 0.717) is 12.8 Å². The molecule has 0 saturated heterocycles. The lowest BCUT2D eigenvalue weighted by Crippen LogP contribution is -2.40. The minimum Gasteiger partial charge on any atom is -0.464 e. The second-order valence-corrected chi connectivity index (χ2v) is 6.33. The van der Waals surface area contributed by atoms with Crippen molar-refractivity contribution in [3.05, 3.63) is 0 Å². The lowest BCUT2D eigenvalue weighted by Gasteiger charge is -2.21. The molecule has 0 radical (unpaired) electrons. The maximum atomic E-state index is 12.1. The number of halogens is 3. The van der Waals surface area contributed by atoms with E-state index in [0.717, 1.165) is 19.3 Å². The zero-order valence-corrected chi connectivity index (χ0v) is 11.4. The van der Waals surface area contributed by atoms with E-state index in [4.69, 9.17) is 5.21 Å². The molecule has 1 aliphatic carbocycles.